The van der Waals surface area contributed by atoms with Crippen molar-refractivity contribution in [1.29, 1.82) is 0 Å². The van der Waals surface area contributed by atoms with Crippen LogP contribution in [0.5, 0.6) is 0 Å². The van der Waals surface area contributed by atoms with Gasteiger partial charge in [-0.1, -0.05) is 12.1 Å². The van der Waals surface area contributed by atoms with Gasteiger partial charge in [-0.3, -0.25) is 4.55 Å². The average molecular weight is 321 g/mol. The van der Waals surface area contributed by atoms with Crippen LogP contribution in [-0.4, -0.2) is 13.0 Å². The zero-order chi connectivity index (χ0) is 8.48. The number of rotatable bonds is 1. The molecule has 65 valence electrons. The molecule has 1 N–H and O–H groups in total. The second kappa shape index (κ2) is 4.58. The third kappa shape index (κ3) is 3.03. The molecule has 0 bridgehead atoms. The van der Waals surface area contributed by atoms with E-state index in [9.17, 15) is 12.8 Å². The molecule has 1 aromatic rings. The summed E-state index contributed by atoms with van der Waals surface area (Å²) in [5.74, 6) is -0.949. The number of hydrogen-bond acceptors (Lipinski definition) is 2. The molecule has 3 nitrogen and oxygen atoms in total. The standard InChI is InChI=1S/C6H5FO3S.Pm/c7-5-3-1-2-4-6(5)11(8,9)10;/h1-4H,(H,8,9,10);. The Morgan fingerprint density at radius 1 is 1.25 bits per heavy atom. The number of halogens is 1. The Balaban J connectivity index is 0.00000121. The average Bonchev–Trinajstić information content (AvgIpc) is 1.86. The molecule has 0 aliphatic heterocycles. The fourth-order valence-corrected chi connectivity index (χ4v) is 1.22. The Morgan fingerprint density at radius 3 is 2.08 bits per heavy atom. The van der Waals surface area contributed by atoms with Crippen LogP contribution in [0, 0.1) is 46.2 Å². The molecule has 0 heterocycles. The normalized spacial score (nSPS) is 10.5. The molecule has 0 atom stereocenters. The Hall–Kier alpha value is 0.398. The fourth-order valence-electron chi connectivity index (χ4n) is 0.654. The molecule has 12 heavy (non-hydrogen) atoms. The molecule has 0 aliphatic carbocycles. The first kappa shape index (κ1) is 12.4. The van der Waals surface area contributed by atoms with Gasteiger partial charge < -0.3 is 0 Å². The van der Waals surface area contributed by atoms with Crippen LogP contribution in [-0.2, 0) is 10.1 Å². The van der Waals surface area contributed by atoms with Crippen molar-refractivity contribution >= 4 is 10.1 Å². The largest absolute Gasteiger partial charge is 0.297 e. The van der Waals surface area contributed by atoms with Crippen LogP contribution in [0.3, 0.4) is 0 Å². The van der Waals surface area contributed by atoms with E-state index in [4.69, 9.17) is 4.55 Å². The van der Waals surface area contributed by atoms with Gasteiger partial charge in [-0.15, -0.1) is 0 Å². The van der Waals surface area contributed by atoms with E-state index in [0.29, 0.717) is 0 Å². The van der Waals surface area contributed by atoms with Gasteiger partial charge in [0.05, 0.1) is 0 Å². The number of hydrogen-bond donors (Lipinski definition) is 1. The minimum atomic E-state index is -4.41. The molecule has 1 aromatic carbocycles. The Labute approximate surface area is 102 Å². The van der Waals surface area contributed by atoms with Crippen molar-refractivity contribution in [2.75, 3.05) is 0 Å². The van der Waals surface area contributed by atoms with Crippen LogP contribution < -0.4 is 0 Å². The second-order valence-electron chi connectivity index (χ2n) is 1.91. The van der Waals surface area contributed by atoms with Gasteiger partial charge >= 0.3 is 0 Å². The first-order valence-corrected chi connectivity index (χ1v) is 4.18. The molecule has 1 rings (SSSR count). The van der Waals surface area contributed by atoms with Crippen LogP contribution in [0.15, 0.2) is 29.2 Å². The van der Waals surface area contributed by atoms with E-state index in [2.05, 4.69) is 0 Å². The smallest absolute Gasteiger partial charge is 0.282 e. The van der Waals surface area contributed by atoms with Gasteiger partial charge in [0.1, 0.15) is 10.7 Å². The Morgan fingerprint density at radius 2 is 1.75 bits per heavy atom. The van der Waals surface area contributed by atoms with Gasteiger partial charge in [0.15, 0.2) is 0 Å². The molecule has 0 fully saturated rings. The summed E-state index contributed by atoms with van der Waals surface area (Å²) in [7, 11) is -4.41. The molecule has 0 saturated heterocycles. The van der Waals surface area contributed by atoms with Crippen LogP contribution in [0.4, 0.5) is 4.39 Å². The summed E-state index contributed by atoms with van der Waals surface area (Å²) in [6, 6.07) is 4.62. The molecule has 0 aromatic heterocycles. The summed E-state index contributed by atoms with van der Waals surface area (Å²) >= 11 is 0. The van der Waals surface area contributed by atoms with Crippen molar-refractivity contribution in [3.63, 3.8) is 0 Å². The maximum atomic E-state index is 12.5. The van der Waals surface area contributed by atoms with E-state index in [1.54, 1.807) is 0 Å². The fraction of sp³-hybridized carbons (Fsp3) is 0. The van der Waals surface area contributed by atoms with Crippen LogP contribution in [0.2, 0.25) is 0 Å². The maximum absolute atomic E-state index is 12.5. The van der Waals surface area contributed by atoms with Gasteiger partial charge in [0.25, 0.3) is 10.1 Å². The van der Waals surface area contributed by atoms with Crippen molar-refractivity contribution in [1.82, 2.24) is 0 Å². The monoisotopic (exact) mass is 321 g/mol. The molecular weight excluding hydrogens is 316 g/mol. The molecule has 6 heteroatoms. The zero-order valence-electron chi connectivity index (χ0n) is 5.81. The van der Waals surface area contributed by atoms with E-state index in [0.717, 1.165) is 12.1 Å². The van der Waals surface area contributed by atoms with Crippen molar-refractivity contribution in [2.24, 2.45) is 0 Å². The minimum Gasteiger partial charge on any atom is -0.282 e. The molecular formula is C6H5FO3PmS. The first-order valence-electron chi connectivity index (χ1n) is 2.74. The molecule has 0 saturated carbocycles. The molecule has 0 unspecified atom stereocenters. The summed E-state index contributed by atoms with van der Waals surface area (Å²) < 4.78 is 41.7. The van der Waals surface area contributed by atoms with Crippen LogP contribution in [0.1, 0.15) is 0 Å². The zero-order valence-corrected chi connectivity index (χ0v) is 9.49. The molecule has 1 radical (unpaired) electrons. The van der Waals surface area contributed by atoms with E-state index in [-0.39, 0.29) is 40.4 Å². The SMILES string of the molecule is O=S(=O)(O)c1ccccc1F.[Pm]. The van der Waals surface area contributed by atoms with Gasteiger partial charge in [0.2, 0.25) is 0 Å². The van der Waals surface area contributed by atoms with Crippen molar-refractivity contribution in [3.05, 3.63) is 30.1 Å². The molecule has 0 spiro atoms. The van der Waals surface area contributed by atoms with Gasteiger partial charge in [-0.2, -0.15) is 8.42 Å². The van der Waals surface area contributed by atoms with Gasteiger partial charge in [-0.25, -0.2) is 4.39 Å². The minimum absolute atomic E-state index is 0. The van der Waals surface area contributed by atoms with E-state index < -0.39 is 20.8 Å². The van der Waals surface area contributed by atoms with Crippen molar-refractivity contribution in [3.8, 4) is 0 Å². The first-order chi connectivity index (χ1) is 5.02. The van der Waals surface area contributed by atoms with E-state index in [1.165, 1.54) is 12.1 Å². The summed E-state index contributed by atoms with van der Waals surface area (Å²) in [6.45, 7) is 0. The summed E-state index contributed by atoms with van der Waals surface area (Å²) in [5.41, 5.74) is 0. The molecule has 0 aliphatic rings. The van der Waals surface area contributed by atoms with Crippen molar-refractivity contribution < 1.29 is 57.7 Å². The maximum Gasteiger partial charge on any atom is 0.297 e. The van der Waals surface area contributed by atoms with E-state index in [1.807, 2.05) is 0 Å². The summed E-state index contributed by atoms with van der Waals surface area (Å²) in [5, 5.41) is 0. The quantitative estimate of drug-likeness (QED) is 0.788. The van der Waals surface area contributed by atoms with E-state index >= 15 is 0 Å². The predicted molar refractivity (Wildman–Crippen MR) is 36.2 cm³/mol. The van der Waals surface area contributed by atoms with Crippen LogP contribution >= 0.6 is 0 Å². The summed E-state index contributed by atoms with van der Waals surface area (Å²) in [6.07, 6.45) is 0. The Kier molecular flexibility index (Phi) is 4.73. The predicted octanol–water partition coefficient (Wildman–Crippen LogP) is 1.07. The third-order valence-corrected chi connectivity index (χ3v) is 2.00. The second-order valence-corrected chi connectivity index (χ2v) is 3.30. The summed E-state index contributed by atoms with van der Waals surface area (Å²) in [4.78, 5) is -0.694. The topological polar surface area (TPSA) is 54.4 Å². The van der Waals surface area contributed by atoms with Crippen LogP contribution in [0.25, 0.3) is 0 Å². The van der Waals surface area contributed by atoms with Gasteiger partial charge in [0, 0.05) is 40.4 Å². The molecule has 0 amide bonds. The number of benzene rings is 1. The van der Waals surface area contributed by atoms with Crippen molar-refractivity contribution in [2.45, 2.75) is 4.90 Å². The Bertz CT molecular complexity index is 363. The third-order valence-electron chi connectivity index (χ3n) is 1.11. The van der Waals surface area contributed by atoms with Gasteiger partial charge in [-0.05, 0) is 12.1 Å².